The summed E-state index contributed by atoms with van der Waals surface area (Å²) in [6, 6.07) is 13.0. The fourth-order valence-electron chi connectivity index (χ4n) is 3.43. The lowest BCUT2D eigenvalue weighted by Gasteiger charge is -2.37. The predicted octanol–water partition coefficient (Wildman–Crippen LogP) is 2.99. The second-order valence-electron chi connectivity index (χ2n) is 7.31. The van der Waals surface area contributed by atoms with Gasteiger partial charge in [0.25, 0.3) is 5.91 Å². The van der Waals surface area contributed by atoms with E-state index in [1.807, 2.05) is 36.1 Å². The molecule has 9 heteroatoms. The van der Waals surface area contributed by atoms with E-state index in [4.69, 9.17) is 4.74 Å². The van der Waals surface area contributed by atoms with Crippen LogP contribution in [0.3, 0.4) is 0 Å². The number of hydrogen-bond acceptors (Lipinski definition) is 6. The SMILES string of the molecule is CC(C(=O)Nc1nc2ccccc2s1)N1CCN(C(=O)COc2ccc(F)cc2)CC1. The zero-order valence-corrected chi connectivity index (χ0v) is 17.9. The maximum Gasteiger partial charge on any atom is 0.260 e. The summed E-state index contributed by atoms with van der Waals surface area (Å²) in [4.78, 5) is 33.3. The Kier molecular flexibility index (Phi) is 6.43. The zero-order valence-electron chi connectivity index (χ0n) is 17.1. The van der Waals surface area contributed by atoms with E-state index in [1.54, 1.807) is 4.90 Å². The molecule has 1 aliphatic heterocycles. The van der Waals surface area contributed by atoms with Crippen molar-refractivity contribution in [1.82, 2.24) is 14.8 Å². The molecular weight excluding hydrogens is 419 g/mol. The summed E-state index contributed by atoms with van der Waals surface area (Å²) < 4.78 is 19.4. The van der Waals surface area contributed by atoms with Crippen molar-refractivity contribution in [2.45, 2.75) is 13.0 Å². The first kappa shape index (κ1) is 21.2. The normalized spacial score (nSPS) is 15.6. The molecule has 3 aromatic rings. The Labute approximate surface area is 183 Å². The number of carbonyl (C=O) groups is 2. The van der Waals surface area contributed by atoms with E-state index in [0.717, 1.165) is 10.2 Å². The van der Waals surface area contributed by atoms with Gasteiger partial charge in [-0.3, -0.25) is 14.5 Å². The van der Waals surface area contributed by atoms with Gasteiger partial charge >= 0.3 is 0 Å². The number of hydrogen-bond donors (Lipinski definition) is 1. The highest BCUT2D eigenvalue weighted by Crippen LogP contribution is 2.25. The molecule has 2 amide bonds. The Morgan fingerprint density at radius 2 is 1.84 bits per heavy atom. The largest absolute Gasteiger partial charge is 0.484 e. The van der Waals surface area contributed by atoms with Crippen molar-refractivity contribution >= 4 is 38.5 Å². The number of ether oxygens (including phenoxy) is 1. The molecule has 1 fully saturated rings. The van der Waals surface area contributed by atoms with Crippen LogP contribution in [0.25, 0.3) is 10.2 Å². The second kappa shape index (κ2) is 9.40. The van der Waals surface area contributed by atoms with Gasteiger partial charge in [0.05, 0.1) is 16.3 Å². The van der Waals surface area contributed by atoms with Crippen LogP contribution in [0.1, 0.15) is 6.92 Å². The monoisotopic (exact) mass is 442 g/mol. The first-order chi connectivity index (χ1) is 15.0. The van der Waals surface area contributed by atoms with Crippen LogP contribution in [0.4, 0.5) is 9.52 Å². The van der Waals surface area contributed by atoms with Crippen LogP contribution in [0.15, 0.2) is 48.5 Å². The molecular formula is C22H23FN4O3S. The van der Waals surface area contributed by atoms with Gasteiger partial charge in [0.2, 0.25) is 5.91 Å². The van der Waals surface area contributed by atoms with Gasteiger partial charge in [0.15, 0.2) is 11.7 Å². The highest BCUT2D eigenvalue weighted by molar-refractivity contribution is 7.22. The number of aromatic nitrogens is 1. The summed E-state index contributed by atoms with van der Waals surface area (Å²) in [6.07, 6.45) is 0. The highest BCUT2D eigenvalue weighted by atomic mass is 32.1. The third-order valence-electron chi connectivity index (χ3n) is 5.29. The lowest BCUT2D eigenvalue weighted by atomic mass is 10.2. The number of benzene rings is 2. The fourth-order valence-corrected chi connectivity index (χ4v) is 4.30. The third-order valence-corrected chi connectivity index (χ3v) is 6.25. The predicted molar refractivity (Wildman–Crippen MR) is 118 cm³/mol. The number of para-hydroxylation sites is 1. The summed E-state index contributed by atoms with van der Waals surface area (Å²) in [7, 11) is 0. The van der Waals surface area contributed by atoms with E-state index >= 15 is 0 Å². The van der Waals surface area contributed by atoms with Crippen LogP contribution in [0, 0.1) is 5.82 Å². The molecule has 1 unspecified atom stereocenters. The van der Waals surface area contributed by atoms with Gasteiger partial charge in [-0.1, -0.05) is 23.5 Å². The number of nitrogens with zero attached hydrogens (tertiary/aromatic N) is 3. The van der Waals surface area contributed by atoms with Crippen LogP contribution < -0.4 is 10.1 Å². The van der Waals surface area contributed by atoms with Crippen molar-refractivity contribution in [3.63, 3.8) is 0 Å². The number of carbonyl (C=O) groups excluding carboxylic acids is 2. The maximum atomic E-state index is 12.9. The first-order valence-electron chi connectivity index (χ1n) is 10.1. The van der Waals surface area contributed by atoms with E-state index in [-0.39, 0.29) is 30.3 Å². The van der Waals surface area contributed by atoms with E-state index in [9.17, 15) is 14.0 Å². The Bertz CT molecular complexity index is 1030. The quantitative estimate of drug-likeness (QED) is 0.635. The molecule has 1 aliphatic rings. The van der Waals surface area contributed by atoms with E-state index < -0.39 is 0 Å². The molecule has 0 bridgehead atoms. The molecule has 31 heavy (non-hydrogen) atoms. The summed E-state index contributed by atoms with van der Waals surface area (Å²) in [5.41, 5.74) is 0.866. The zero-order chi connectivity index (χ0) is 21.8. The smallest absolute Gasteiger partial charge is 0.260 e. The molecule has 0 saturated carbocycles. The van der Waals surface area contributed by atoms with Crippen LogP contribution in [-0.2, 0) is 9.59 Å². The van der Waals surface area contributed by atoms with Crippen molar-refractivity contribution in [2.24, 2.45) is 0 Å². The Balaban J connectivity index is 1.24. The molecule has 4 rings (SSSR count). The molecule has 0 radical (unpaired) electrons. The van der Waals surface area contributed by atoms with Crippen LogP contribution in [-0.4, -0.2) is 65.4 Å². The number of anilines is 1. The van der Waals surface area contributed by atoms with Gasteiger partial charge < -0.3 is 15.0 Å². The van der Waals surface area contributed by atoms with Crippen molar-refractivity contribution < 1.29 is 18.7 Å². The Morgan fingerprint density at radius 3 is 2.55 bits per heavy atom. The van der Waals surface area contributed by atoms with Gasteiger partial charge in [-0.25, -0.2) is 9.37 Å². The molecule has 2 aromatic carbocycles. The lowest BCUT2D eigenvalue weighted by Crippen LogP contribution is -2.54. The van der Waals surface area contributed by atoms with Crippen molar-refractivity contribution in [3.05, 3.63) is 54.3 Å². The maximum absolute atomic E-state index is 12.9. The first-order valence-corrected chi connectivity index (χ1v) is 10.9. The minimum atomic E-state index is -0.351. The van der Waals surface area contributed by atoms with Gasteiger partial charge in [-0.15, -0.1) is 0 Å². The average molecular weight is 443 g/mol. The summed E-state index contributed by atoms with van der Waals surface area (Å²) >= 11 is 1.45. The van der Waals surface area contributed by atoms with Gasteiger partial charge in [0, 0.05) is 26.2 Å². The molecule has 0 aliphatic carbocycles. The Hall–Kier alpha value is -3.04. The fraction of sp³-hybridized carbons (Fsp3) is 0.318. The number of nitrogens with one attached hydrogen (secondary N) is 1. The molecule has 1 aromatic heterocycles. The number of piperazine rings is 1. The molecule has 1 saturated heterocycles. The van der Waals surface area contributed by atoms with Crippen molar-refractivity contribution in [2.75, 3.05) is 38.1 Å². The number of thiazole rings is 1. The molecule has 7 nitrogen and oxygen atoms in total. The summed E-state index contributed by atoms with van der Waals surface area (Å²) in [5.74, 6) is -0.140. The minimum absolute atomic E-state index is 0.0979. The molecule has 162 valence electrons. The summed E-state index contributed by atoms with van der Waals surface area (Å²) in [5, 5.41) is 3.49. The van der Waals surface area contributed by atoms with Crippen LogP contribution >= 0.6 is 11.3 Å². The molecule has 2 heterocycles. The van der Waals surface area contributed by atoms with Crippen molar-refractivity contribution in [1.29, 1.82) is 0 Å². The van der Waals surface area contributed by atoms with Crippen LogP contribution in [0.2, 0.25) is 0 Å². The standard InChI is InChI=1S/C22H23FN4O3S/c1-15(21(29)25-22-24-18-4-2-3-5-19(18)31-22)26-10-12-27(13-11-26)20(28)14-30-17-8-6-16(23)7-9-17/h2-9,15H,10-14H2,1H3,(H,24,25,29). The molecule has 1 atom stereocenters. The summed E-state index contributed by atoms with van der Waals surface area (Å²) in [6.45, 7) is 3.99. The number of rotatable bonds is 6. The number of amides is 2. The van der Waals surface area contributed by atoms with E-state index in [2.05, 4.69) is 10.3 Å². The van der Waals surface area contributed by atoms with E-state index in [0.29, 0.717) is 37.1 Å². The van der Waals surface area contributed by atoms with E-state index in [1.165, 1.54) is 35.6 Å². The Morgan fingerprint density at radius 1 is 1.13 bits per heavy atom. The van der Waals surface area contributed by atoms with Gasteiger partial charge in [0.1, 0.15) is 11.6 Å². The molecule has 0 spiro atoms. The number of fused-ring (bicyclic) bond motifs is 1. The van der Waals surface area contributed by atoms with Gasteiger partial charge in [-0.2, -0.15) is 0 Å². The third kappa shape index (κ3) is 5.18. The molecule has 1 N–H and O–H groups in total. The minimum Gasteiger partial charge on any atom is -0.484 e. The number of halogens is 1. The lowest BCUT2D eigenvalue weighted by molar-refractivity contribution is -0.135. The average Bonchev–Trinajstić information content (AvgIpc) is 3.20. The highest BCUT2D eigenvalue weighted by Gasteiger charge is 2.28. The van der Waals surface area contributed by atoms with Crippen LogP contribution in [0.5, 0.6) is 5.75 Å². The topological polar surface area (TPSA) is 74.8 Å². The van der Waals surface area contributed by atoms with Crippen molar-refractivity contribution in [3.8, 4) is 5.75 Å². The van der Waals surface area contributed by atoms with Gasteiger partial charge in [-0.05, 0) is 43.3 Å². The second-order valence-corrected chi connectivity index (χ2v) is 8.34.